The molecule has 16 nitrogen and oxygen atoms in total. The summed E-state index contributed by atoms with van der Waals surface area (Å²) >= 11 is 1.80. The Morgan fingerprint density at radius 3 is 2.21 bits per heavy atom. The standard InChI is InChI=1S/C39H58N4O12S3/c1-39(2)35(13-5-3-6-14-36-41(31-11-8-9-12-33(31)56-36)24-25-19-26(42(46)47)21-27(20-25)43(48)49)40(18-10-4-7-15-37(44)45)32-17-16-29-30(38(32)39)22-28(57(50,51)52)23-34(29)58(53,54)55/h3,5-6,13-14,25-34,38H,4,7-12,15-24H2,1-2H3,(H2-,44,45,50,51,52,53,54,55)/p+1. The lowest BCUT2D eigenvalue weighted by Gasteiger charge is -2.50. The molecule has 324 valence electrons. The highest BCUT2D eigenvalue weighted by molar-refractivity contribution is 8.14. The predicted molar refractivity (Wildman–Crippen MR) is 219 cm³/mol. The summed E-state index contributed by atoms with van der Waals surface area (Å²) in [6, 6.07) is -1.63. The number of unbranched alkanes of at least 4 members (excludes halogenated alkanes) is 2. The number of aliphatic carboxylic acids is 1. The molecule has 6 rings (SSSR count). The molecule has 10 unspecified atom stereocenters. The monoisotopic (exact) mass is 871 g/mol. The normalized spacial score (nSPS) is 36.0. The first-order chi connectivity index (χ1) is 27.3. The molecule has 6 aliphatic rings. The van der Waals surface area contributed by atoms with Crippen LogP contribution >= 0.6 is 11.8 Å². The van der Waals surface area contributed by atoms with Crippen LogP contribution in [0.3, 0.4) is 0 Å². The Bertz CT molecular complexity index is 1910. The van der Waals surface area contributed by atoms with Gasteiger partial charge in [-0.15, -0.1) is 0 Å². The highest BCUT2D eigenvalue weighted by atomic mass is 32.2. The van der Waals surface area contributed by atoms with Gasteiger partial charge in [0.05, 0.1) is 22.2 Å². The minimum atomic E-state index is -4.60. The topological polar surface area (TPSA) is 239 Å². The quantitative estimate of drug-likeness (QED) is 0.0437. The predicted octanol–water partition coefficient (Wildman–Crippen LogP) is 5.85. The van der Waals surface area contributed by atoms with E-state index in [1.54, 1.807) is 11.8 Å². The van der Waals surface area contributed by atoms with Crippen molar-refractivity contribution in [1.82, 2.24) is 4.90 Å². The van der Waals surface area contributed by atoms with Crippen molar-refractivity contribution in [3.63, 3.8) is 0 Å². The Balaban J connectivity index is 1.27. The van der Waals surface area contributed by atoms with Gasteiger partial charge in [0.15, 0.2) is 6.04 Å². The first kappa shape index (κ1) is 44.7. The number of carboxylic acid groups (broad SMARTS) is 1. The van der Waals surface area contributed by atoms with E-state index in [1.165, 1.54) is 0 Å². The number of nitrogens with zero attached hydrogens (tertiary/aromatic N) is 4. The first-order valence-corrected chi connectivity index (χ1v) is 24.7. The first-order valence-electron chi connectivity index (χ1n) is 20.8. The largest absolute Gasteiger partial charge is 0.481 e. The molecule has 0 aromatic rings. The van der Waals surface area contributed by atoms with Gasteiger partial charge in [-0.1, -0.05) is 44.9 Å². The Kier molecular flexibility index (Phi) is 13.9. The van der Waals surface area contributed by atoms with Gasteiger partial charge in [-0.3, -0.25) is 34.1 Å². The third-order valence-corrected chi connectivity index (χ3v) is 18.2. The van der Waals surface area contributed by atoms with E-state index in [0.717, 1.165) is 42.8 Å². The van der Waals surface area contributed by atoms with E-state index < -0.39 is 66.0 Å². The van der Waals surface area contributed by atoms with Gasteiger partial charge in [0.25, 0.3) is 20.2 Å². The van der Waals surface area contributed by atoms with E-state index in [-0.39, 0.29) is 59.4 Å². The average Bonchev–Trinajstić information content (AvgIpc) is 3.59. The molecule has 4 aliphatic carbocycles. The number of fused-ring (bicyclic) bond motifs is 4. The SMILES string of the molecule is CC1(C)\C(=C/C=C/C=C/C2=[N+](CC3CC([N+](=O)[O-])CC([N+](=O)[O-])C3)C3CCCCC3S2)N(CCCCCC(=O)O)C2CCC3C(CC(S(=O)(=O)O)CC3S(=O)(=O)O)C21. The van der Waals surface area contributed by atoms with E-state index in [9.17, 15) is 51.0 Å². The zero-order valence-corrected chi connectivity index (χ0v) is 35.7. The van der Waals surface area contributed by atoms with E-state index in [4.69, 9.17) is 5.11 Å². The fraction of sp³-hybridized carbons (Fsp3) is 0.795. The number of hydrogen-bond acceptors (Lipinski definition) is 11. The summed E-state index contributed by atoms with van der Waals surface area (Å²) in [6.07, 6.45) is 17.7. The van der Waals surface area contributed by atoms with E-state index in [2.05, 4.69) is 23.3 Å². The molecule has 0 amide bonds. The van der Waals surface area contributed by atoms with Crippen molar-refractivity contribution in [3.05, 3.63) is 56.3 Å². The molecule has 0 bridgehead atoms. The van der Waals surface area contributed by atoms with Crippen LogP contribution in [0, 0.1) is 49.3 Å². The molecule has 0 aromatic heterocycles. The van der Waals surface area contributed by atoms with Gasteiger partial charge >= 0.3 is 5.97 Å². The third-order valence-electron chi connectivity index (χ3n) is 14.2. The zero-order chi connectivity index (χ0) is 42.2. The Labute approximate surface area is 345 Å². The molecule has 10 atom stereocenters. The lowest BCUT2D eigenvalue weighted by atomic mass is 9.57. The number of carbonyl (C=O) groups is 1. The van der Waals surface area contributed by atoms with E-state index >= 15 is 0 Å². The summed E-state index contributed by atoms with van der Waals surface area (Å²) in [6.45, 7) is 5.32. The van der Waals surface area contributed by atoms with Crippen LogP contribution in [0.15, 0.2) is 36.1 Å². The molecule has 5 fully saturated rings. The molecule has 1 saturated heterocycles. The minimum Gasteiger partial charge on any atom is -0.481 e. The zero-order valence-electron chi connectivity index (χ0n) is 33.3. The van der Waals surface area contributed by atoms with Gasteiger partial charge < -0.3 is 10.0 Å². The molecule has 2 aliphatic heterocycles. The molecule has 0 aromatic carbocycles. The van der Waals surface area contributed by atoms with Crippen molar-refractivity contribution in [1.29, 1.82) is 0 Å². The van der Waals surface area contributed by atoms with Crippen LogP contribution in [0.25, 0.3) is 0 Å². The Morgan fingerprint density at radius 2 is 1.57 bits per heavy atom. The maximum absolute atomic E-state index is 12.7. The van der Waals surface area contributed by atoms with Crippen LogP contribution in [0.2, 0.25) is 0 Å². The Morgan fingerprint density at radius 1 is 0.879 bits per heavy atom. The number of nitro groups is 2. The second-order valence-electron chi connectivity index (χ2n) is 18.0. The van der Waals surface area contributed by atoms with Crippen LogP contribution in [-0.4, -0.2) is 114 Å². The molecule has 0 radical (unpaired) electrons. The number of allylic oxidation sites excluding steroid dienone is 5. The highest BCUT2D eigenvalue weighted by Crippen LogP contribution is 2.60. The maximum Gasteiger partial charge on any atom is 0.303 e. The van der Waals surface area contributed by atoms with E-state index in [1.807, 2.05) is 30.4 Å². The summed E-state index contributed by atoms with van der Waals surface area (Å²) in [4.78, 5) is 36.2. The van der Waals surface area contributed by atoms with Gasteiger partial charge in [0.1, 0.15) is 6.54 Å². The smallest absolute Gasteiger partial charge is 0.303 e. The molecule has 58 heavy (non-hydrogen) atoms. The highest BCUT2D eigenvalue weighted by Gasteiger charge is 2.61. The van der Waals surface area contributed by atoms with Gasteiger partial charge in [0, 0.05) is 71.2 Å². The molecule has 0 spiro atoms. The van der Waals surface area contributed by atoms with E-state index in [0.29, 0.717) is 56.9 Å². The van der Waals surface area contributed by atoms with Crippen molar-refractivity contribution in [3.8, 4) is 0 Å². The van der Waals surface area contributed by atoms with Gasteiger partial charge in [0.2, 0.25) is 17.1 Å². The molecule has 19 heteroatoms. The number of rotatable bonds is 15. The molecule has 3 N–H and O–H groups in total. The molecule has 2 heterocycles. The molecular formula is C39H59N4O12S3+. The van der Waals surface area contributed by atoms with Crippen molar-refractivity contribution in [2.45, 2.75) is 150 Å². The lowest BCUT2D eigenvalue weighted by Crippen LogP contribution is -2.54. The summed E-state index contributed by atoms with van der Waals surface area (Å²) in [7, 11) is -9.18. The third kappa shape index (κ3) is 9.84. The van der Waals surface area contributed by atoms with Crippen LogP contribution < -0.4 is 0 Å². The van der Waals surface area contributed by atoms with Crippen molar-refractivity contribution in [2.24, 2.45) is 29.1 Å². The van der Waals surface area contributed by atoms with Crippen LogP contribution in [0.5, 0.6) is 0 Å². The maximum atomic E-state index is 12.7. The fourth-order valence-corrected chi connectivity index (χ4v) is 15.6. The number of likely N-dealkylation sites (tertiary alicyclic amines) is 1. The molecule has 4 saturated carbocycles. The summed E-state index contributed by atoms with van der Waals surface area (Å²) in [5, 5.41) is 31.5. The lowest BCUT2D eigenvalue weighted by molar-refractivity contribution is -0.590. The summed E-state index contributed by atoms with van der Waals surface area (Å²) < 4.78 is 73.0. The number of hydrogen-bond donors (Lipinski definition) is 3. The summed E-state index contributed by atoms with van der Waals surface area (Å²) in [5.41, 5.74) is 0.441. The number of thioether (sulfide) groups is 1. The second-order valence-corrected chi connectivity index (χ2v) is 22.6. The van der Waals surface area contributed by atoms with Crippen LogP contribution in [0.4, 0.5) is 0 Å². The van der Waals surface area contributed by atoms with Gasteiger partial charge in [-0.25, -0.2) is 4.58 Å². The second kappa shape index (κ2) is 18.0. The minimum absolute atomic E-state index is 0.0358. The van der Waals surface area contributed by atoms with Crippen molar-refractivity contribution in [2.75, 3.05) is 13.1 Å². The van der Waals surface area contributed by atoms with Crippen molar-refractivity contribution >= 4 is 43.0 Å². The van der Waals surface area contributed by atoms with Gasteiger partial charge in [-0.05, 0) is 87.0 Å². The van der Waals surface area contributed by atoms with Crippen LogP contribution in [0.1, 0.15) is 110 Å². The van der Waals surface area contributed by atoms with Crippen LogP contribution in [-0.2, 0) is 25.0 Å². The molecular weight excluding hydrogens is 813 g/mol. The Hall–Kier alpha value is -2.87. The average molecular weight is 872 g/mol. The summed E-state index contributed by atoms with van der Waals surface area (Å²) in [5.74, 6) is -2.07. The number of carboxylic acids is 1. The fourth-order valence-electron chi connectivity index (χ4n) is 11.7. The van der Waals surface area contributed by atoms with Gasteiger partial charge in [-0.2, -0.15) is 16.8 Å². The van der Waals surface area contributed by atoms with Crippen molar-refractivity contribution < 1.29 is 50.3 Å².